The lowest BCUT2D eigenvalue weighted by atomic mass is 9.92. The van der Waals surface area contributed by atoms with E-state index >= 15 is 0 Å². The highest BCUT2D eigenvalue weighted by Gasteiger charge is 2.41. The molecule has 0 aromatic rings. The monoisotopic (exact) mass is 1540 g/mol. The highest BCUT2D eigenvalue weighted by Crippen LogP contribution is 2.29. The average molecular weight is 1550 g/mol. The SMILES string of the molecule is C.C.C.C.C.C.C.C.C.C=CCOCC(CO)(COCC=C)COCC=C.C[SiH](C)O[Si](C)(C)O[Si](C)(C)C.C[Si](C)(C)O[Si](C)(C)O[Si](C)(C)CCCOCC(CO)(COCCC[Si](C)(C)O[Si](C)(C)O[Si](C)(C)C)COCCC[Si](C)(C)O[Si](C)(C)O[Si](C)(C)C. The summed E-state index contributed by atoms with van der Waals surface area (Å²) in [4.78, 5) is 0. The molecule has 28 heteroatoms. The maximum Gasteiger partial charge on any atom is 0.311 e. The Labute approximate surface area is 597 Å². The summed E-state index contributed by atoms with van der Waals surface area (Å²) in [7, 11) is -21.5. The van der Waals surface area contributed by atoms with E-state index in [4.69, 9.17) is 61.3 Å². The lowest BCUT2D eigenvalue weighted by Gasteiger charge is -2.37. The van der Waals surface area contributed by atoms with Gasteiger partial charge in [0.05, 0.1) is 83.5 Å². The third kappa shape index (κ3) is 74.2. The van der Waals surface area contributed by atoms with Crippen molar-refractivity contribution in [2.24, 2.45) is 10.8 Å². The molecule has 0 aromatic heterocycles. The van der Waals surface area contributed by atoms with Crippen LogP contribution in [-0.4, -0.2) is 204 Å². The second-order valence-electron chi connectivity index (χ2n) is 30.4. The van der Waals surface area contributed by atoms with Crippen LogP contribution in [0.1, 0.15) is 86.1 Å². The summed E-state index contributed by atoms with van der Waals surface area (Å²) in [6.45, 7) is 78.0. The van der Waals surface area contributed by atoms with Crippen LogP contribution in [0.2, 0.25) is 201 Å². The molecule has 0 aromatic carbocycles. The highest BCUT2D eigenvalue weighted by molar-refractivity contribution is 6.89. The molecule has 0 saturated heterocycles. The summed E-state index contributed by atoms with van der Waals surface area (Å²) in [5, 5.41) is 20.4. The summed E-state index contributed by atoms with van der Waals surface area (Å²) in [6, 6.07) is 2.98. The molecule has 0 bridgehead atoms. The molecule has 0 unspecified atom stereocenters. The van der Waals surface area contributed by atoms with E-state index in [2.05, 4.69) is 203 Å². The number of hydrogen-bond donors (Lipinski definition) is 2. The Morgan fingerprint density at radius 2 is 0.505 bits per heavy atom. The molecule has 0 atom stereocenters. The second-order valence-corrected chi connectivity index (χ2v) is 79.3. The number of aliphatic hydroxyl groups is 2. The van der Waals surface area contributed by atoms with Crippen LogP contribution in [0.25, 0.3) is 0 Å². The van der Waals surface area contributed by atoms with Crippen LogP contribution < -0.4 is 0 Å². The average Bonchev–Trinajstić information content (AvgIpc) is 3.23. The van der Waals surface area contributed by atoms with Crippen molar-refractivity contribution < 1.29 is 71.6 Å². The van der Waals surface area contributed by atoms with Gasteiger partial charge < -0.3 is 71.6 Å². The normalized spacial score (nSPS) is 12.7. The van der Waals surface area contributed by atoms with Crippen LogP contribution in [0.4, 0.5) is 0 Å². The molecule has 0 heterocycles. The topological polar surface area (TPSA) is 170 Å². The lowest BCUT2D eigenvalue weighted by Crippen LogP contribution is -2.51. The van der Waals surface area contributed by atoms with Gasteiger partial charge in [0.25, 0.3) is 0 Å². The molecule has 0 saturated carbocycles. The van der Waals surface area contributed by atoms with Crippen LogP contribution in [-0.2, 0) is 61.3 Å². The molecule has 576 valence electrons. The Hall–Kier alpha value is 1.18. The lowest BCUT2D eigenvalue weighted by molar-refractivity contribution is -0.0926. The van der Waals surface area contributed by atoms with Crippen molar-refractivity contribution in [3.63, 3.8) is 0 Å². The standard InChI is InChI=1S/C35H90O10Si9.C14H24O4.C7H22O2Si3.9CH4/c1-46(2,3)40-52(16,17)43-49(10,11)28-22-25-37-32-35(31-36,33-38-26-23-29-50(12,13)44-53(18,19)41-47(4,5)6)34-39-27-24-30-51(14,15)45-54(20,21)42-48(7,8)9;1-4-7-16-11-14(10-15,12-17-8-5-2)13-18-9-6-3;1-10(2)8-12(6,7)9-11(3,4)5;;;;;;;;;/h36H,22-34H2,1-21H3;4-6,15H,1-3,7-13H2;10H,1-7H3;9*1H4. The minimum atomic E-state index is -2.19. The fourth-order valence-corrected chi connectivity index (χ4v) is 60.6. The van der Waals surface area contributed by atoms with Crippen molar-refractivity contribution in [2.45, 2.75) is 288 Å². The Kier molecular flexibility index (Phi) is 72.6. The number of hydrogen-bond acceptors (Lipinski definition) is 16. The third-order valence-electron chi connectivity index (χ3n) is 11.3. The molecular weight excluding hydrogens is 1370 g/mol. The summed E-state index contributed by atoms with van der Waals surface area (Å²) in [6.07, 6.45) is 7.70. The number of aliphatic hydroxyl groups excluding tert-OH is 2. The van der Waals surface area contributed by atoms with Crippen LogP contribution in [0.5, 0.6) is 0 Å². The first-order valence-corrected chi connectivity index (χ1v) is 67.9. The zero-order valence-electron chi connectivity index (χ0n) is 59.7. The molecule has 93 heavy (non-hydrogen) atoms. The minimum absolute atomic E-state index is 0. The molecule has 0 amide bonds. The molecule has 0 radical (unpaired) electrons. The van der Waals surface area contributed by atoms with Gasteiger partial charge >= 0.3 is 34.2 Å². The second kappa shape index (κ2) is 55.7. The first-order valence-electron chi connectivity index (χ1n) is 30.9. The van der Waals surface area contributed by atoms with Gasteiger partial charge in [-0.05, 0) is 221 Å². The number of ether oxygens (including phenoxy) is 6. The quantitative estimate of drug-likeness (QED) is 0.0335. The van der Waals surface area contributed by atoms with Crippen molar-refractivity contribution in [3.05, 3.63) is 38.0 Å². The van der Waals surface area contributed by atoms with Crippen molar-refractivity contribution in [1.29, 1.82) is 0 Å². The smallest absolute Gasteiger partial charge is 0.311 e. The summed E-state index contributed by atoms with van der Waals surface area (Å²) < 4.78 is 86.6. The molecule has 0 aliphatic carbocycles. The predicted octanol–water partition coefficient (Wildman–Crippen LogP) is 20.3. The van der Waals surface area contributed by atoms with Gasteiger partial charge in [0.2, 0.25) is 0 Å². The highest BCUT2D eigenvalue weighted by atomic mass is 28.5. The summed E-state index contributed by atoms with van der Waals surface area (Å²) >= 11 is 0. The Morgan fingerprint density at radius 1 is 0.312 bits per heavy atom. The van der Waals surface area contributed by atoms with Gasteiger partial charge in [-0.15, -0.1) is 19.7 Å². The van der Waals surface area contributed by atoms with E-state index in [0.717, 1.165) is 37.4 Å². The van der Waals surface area contributed by atoms with E-state index in [0.29, 0.717) is 79.3 Å². The molecule has 0 fully saturated rings. The minimum Gasteiger partial charge on any atom is -0.440 e. The van der Waals surface area contributed by atoms with Gasteiger partial charge in [0, 0.05) is 19.8 Å². The maximum atomic E-state index is 10.8. The molecule has 0 aliphatic rings. The van der Waals surface area contributed by atoms with Crippen LogP contribution in [0.15, 0.2) is 38.0 Å². The Balaban J connectivity index is -0.000000139. The first kappa shape index (κ1) is 121. The number of rotatable bonds is 48. The molecule has 0 aliphatic heterocycles. The van der Waals surface area contributed by atoms with Gasteiger partial charge in [0.15, 0.2) is 67.3 Å². The van der Waals surface area contributed by atoms with Crippen LogP contribution >= 0.6 is 0 Å². The van der Waals surface area contributed by atoms with E-state index in [1.54, 1.807) is 18.2 Å². The first-order chi connectivity index (χ1) is 37.8. The summed E-state index contributed by atoms with van der Waals surface area (Å²) in [5.74, 6) is 0. The fourth-order valence-electron chi connectivity index (χ4n) is 10.0. The summed E-state index contributed by atoms with van der Waals surface area (Å²) in [5.41, 5.74) is -1.20. The van der Waals surface area contributed by atoms with E-state index in [1.165, 1.54) is 0 Å². The van der Waals surface area contributed by atoms with Crippen LogP contribution in [0.3, 0.4) is 0 Å². The van der Waals surface area contributed by atoms with Crippen molar-refractivity contribution in [1.82, 2.24) is 0 Å². The Morgan fingerprint density at radius 3 is 0.677 bits per heavy atom. The van der Waals surface area contributed by atoms with E-state index in [1.807, 2.05) is 0 Å². The zero-order valence-corrected chi connectivity index (χ0v) is 71.8. The molecule has 2 N–H and O–H groups in total. The largest absolute Gasteiger partial charge is 0.440 e. The van der Waals surface area contributed by atoms with Crippen molar-refractivity contribution in [3.8, 4) is 0 Å². The fraction of sp³-hybridized carbons (Fsp3) is 0.908. The molecular formula is C65H172O16Si12. The maximum absolute atomic E-state index is 10.8. The van der Waals surface area contributed by atoms with Gasteiger partial charge in [-0.25, -0.2) is 0 Å². The van der Waals surface area contributed by atoms with Gasteiger partial charge in [0.1, 0.15) is 0 Å². The van der Waals surface area contributed by atoms with Crippen LogP contribution in [0, 0.1) is 10.8 Å². The van der Waals surface area contributed by atoms with Crippen molar-refractivity contribution in [2.75, 3.05) is 92.5 Å². The third-order valence-corrected chi connectivity index (χ3v) is 50.3. The molecule has 16 nitrogen and oxygen atoms in total. The molecule has 0 rings (SSSR count). The van der Waals surface area contributed by atoms with Crippen molar-refractivity contribution >= 4 is 102 Å². The van der Waals surface area contributed by atoms with E-state index in [-0.39, 0.29) is 80.1 Å². The predicted molar refractivity (Wildman–Crippen MR) is 447 cm³/mol. The molecule has 0 spiro atoms. The Bertz CT molecular complexity index is 1590. The zero-order chi connectivity index (χ0) is 66.2. The van der Waals surface area contributed by atoms with Gasteiger partial charge in [-0.2, -0.15) is 0 Å². The van der Waals surface area contributed by atoms with Gasteiger partial charge in [-0.3, -0.25) is 0 Å². The van der Waals surface area contributed by atoms with Gasteiger partial charge in [-0.1, -0.05) is 85.1 Å². The van der Waals surface area contributed by atoms with E-state index < -0.39 is 112 Å². The van der Waals surface area contributed by atoms with E-state index in [9.17, 15) is 10.2 Å².